The predicted octanol–water partition coefficient (Wildman–Crippen LogP) is 1.38. The van der Waals surface area contributed by atoms with Gasteiger partial charge in [0.2, 0.25) is 5.91 Å². The van der Waals surface area contributed by atoms with Crippen molar-refractivity contribution in [3.63, 3.8) is 0 Å². The number of nitrogens with zero attached hydrogens (tertiary/aromatic N) is 1. The number of primary amides is 1. The molecule has 0 bridgehead atoms. The Morgan fingerprint density at radius 3 is 2.85 bits per heavy atom. The second-order valence-electron chi connectivity index (χ2n) is 5.00. The van der Waals surface area contributed by atoms with E-state index in [1.54, 1.807) is 19.2 Å². The van der Waals surface area contributed by atoms with E-state index >= 15 is 0 Å². The van der Waals surface area contributed by atoms with E-state index in [4.69, 9.17) is 27.8 Å². The van der Waals surface area contributed by atoms with Crippen LogP contribution in [-0.4, -0.2) is 38.3 Å². The van der Waals surface area contributed by atoms with Gasteiger partial charge >= 0.3 is 0 Å². The lowest BCUT2D eigenvalue weighted by Crippen LogP contribution is -2.48. The molecule has 110 valence electrons. The topological polar surface area (TPSA) is 81.6 Å². The number of anilines is 1. The molecule has 0 radical (unpaired) electrons. The zero-order chi connectivity index (χ0) is 14.7. The van der Waals surface area contributed by atoms with Gasteiger partial charge in [-0.15, -0.1) is 0 Å². The summed E-state index contributed by atoms with van der Waals surface area (Å²) in [6.07, 6.45) is 2.05. The lowest BCUT2D eigenvalue weighted by atomic mass is 9.98. The molecular formula is C14H20ClN3O2. The van der Waals surface area contributed by atoms with E-state index in [0.29, 0.717) is 17.1 Å². The van der Waals surface area contributed by atoms with Crippen molar-refractivity contribution in [3.8, 4) is 0 Å². The maximum Gasteiger partial charge on any atom is 0.248 e. The standard InChI is InChI=1S/C14H20ClN3O2/c1-20-11-4-5-18(10(7-11)8-16)13-3-2-9(14(17)19)6-12(13)15/h2-3,6,10-11H,4-5,7-8,16H2,1H3,(H2,17,19). The molecule has 1 aromatic carbocycles. The number of benzene rings is 1. The van der Waals surface area contributed by atoms with E-state index in [1.807, 2.05) is 6.07 Å². The number of hydrogen-bond donors (Lipinski definition) is 2. The van der Waals surface area contributed by atoms with Crippen LogP contribution in [0.25, 0.3) is 0 Å². The second-order valence-corrected chi connectivity index (χ2v) is 5.40. The summed E-state index contributed by atoms with van der Waals surface area (Å²) in [6, 6.07) is 5.32. The SMILES string of the molecule is COC1CCN(c2ccc(C(N)=O)cc2Cl)C(CN)C1. The first-order valence-corrected chi connectivity index (χ1v) is 7.03. The Hall–Kier alpha value is -1.30. The molecule has 5 nitrogen and oxygen atoms in total. The highest BCUT2D eigenvalue weighted by molar-refractivity contribution is 6.33. The summed E-state index contributed by atoms with van der Waals surface area (Å²) in [4.78, 5) is 13.3. The Kier molecular flexibility index (Phi) is 4.86. The van der Waals surface area contributed by atoms with E-state index in [-0.39, 0.29) is 12.1 Å². The van der Waals surface area contributed by atoms with Crippen LogP contribution in [0.1, 0.15) is 23.2 Å². The third-order valence-corrected chi connectivity index (χ3v) is 4.12. The van der Waals surface area contributed by atoms with Crippen LogP contribution in [0, 0.1) is 0 Å². The van der Waals surface area contributed by atoms with Crippen LogP contribution < -0.4 is 16.4 Å². The van der Waals surface area contributed by atoms with Crippen molar-refractivity contribution in [2.24, 2.45) is 11.5 Å². The highest BCUT2D eigenvalue weighted by Crippen LogP contribution is 2.32. The molecule has 2 rings (SSSR count). The van der Waals surface area contributed by atoms with Crippen LogP contribution >= 0.6 is 11.6 Å². The Bertz CT molecular complexity index is 495. The summed E-state index contributed by atoms with van der Waals surface area (Å²) in [5.41, 5.74) is 12.4. The fraction of sp³-hybridized carbons (Fsp3) is 0.500. The van der Waals surface area contributed by atoms with Gasteiger partial charge in [0.25, 0.3) is 0 Å². The van der Waals surface area contributed by atoms with Crippen molar-refractivity contribution in [1.29, 1.82) is 0 Å². The maximum absolute atomic E-state index is 11.2. The third kappa shape index (κ3) is 3.06. The van der Waals surface area contributed by atoms with Gasteiger partial charge in [0, 0.05) is 31.8 Å². The zero-order valence-electron chi connectivity index (χ0n) is 11.5. The monoisotopic (exact) mass is 297 g/mol. The minimum Gasteiger partial charge on any atom is -0.381 e. The predicted molar refractivity (Wildman–Crippen MR) is 80.2 cm³/mol. The average molecular weight is 298 g/mol. The molecule has 6 heteroatoms. The first-order chi connectivity index (χ1) is 9.56. The smallest absolute Gasteiger partial charge is 0.248 e. The van der Waals surface area contributed by atoms with Gasteiger partial charge in [0.05, 0.1) is 16.8 Å². The van der Waals surface area contributed by atoms with Crippen LogP contribution in [0.15, 0.2) is 18.2 Å². The molecule has 2 unspecified atom stereocenters. The van der Waals surface area contributed by atoms with Crippen molar-refractivity contribution in [3.05, 3.63) is 28.8 Å². The van der Waals surface area contributed by atoms with Gasteiger partial charge in [-0.1, -0.05) is 11.6 Å². The van der Waals surface area contributed by atoms with Gasteiger partial charge < -0.3 is 21.1 Å². The molecule has 4 N–H and O–H groups in total. The Morgan fingerprint density at radius 2 is 2.30 bits per heavy atom. The number of nitrogens with two attached hydrogens (primary N) is 2. The van der Waals surface area contributed by atoms with E-state index < -0.39 is 5.91 Å². The molecular weight excluding hydrogens is 278 g/mol. The van der Waals surface area contributed by atoms with Crippen molar-refractivity contribution < 1.29 is 9.53 Å². The fourth-order valence-electron chi connectivity index (χ4n) is 2.66. The summed E-state index contributed by atoms with van der Waals surface area (Å²) in [7, 11) is 1.72. The van der Waals surface area contributed by atoms with E-state index in [9.17, 15) is 4.79 Å². The number of halogens is 1. The van der Waals surface area contributed by atoms with Crippen LogP contribution in [0.3, 0.4) is 0 Å². The average Bonchev–Trinajstić information content (AvgIpc) is 2.46. The molecule has 1 saturated heterocycles. The summed E-state index contributed by atoms with van der Waals surface area (Å²) in [5.74, 6) is -0.480. The minimum atomic E-state index is -0.480. The van der Waals surface area contributed by atoms with Crippen molar-refractivity contribution in [1.82, 2.24) is 0 Å². The van der Waals surface area contributed by atoms with E-state index in [1.165, 1.54) is 0 Å². The Balaban J connectivity index is 2.24. The van der Waals surface area contributed by atoms with Crippen LogP contribution in [0.2, 0.25) is 5.02 Å². The summed E-state index contributed by atoms with van der Waals surface area (Å²) in [5, 5.41) is 0.524. The quantitative estimate of drug-likeness (QED) is 0.880. The molecule has 0 aliphatic carbocycles. The molecule has 0 saturated carbocycles. The van der Waals surface area contributed by atoms with Gasteiger partial charge in [-0.2, -0.15) is 0 Å². The Labute approximate surface area is 123 Å². The van der Waals surface area contributed by atoms with Crippen molar-refractivity contribution in [2.75, 3.05) is 25.1 Å². The zero-order valence-corrected chi connectivity index (χ0v) is 12.3. The maximum atomic E-state index is 11.2. The number of carbonyl (C=O) groups excluding carboxylic acids is 1. The molecule has 1 aromatic rings. The fourth-order valence-corrected chi connectivity index (χ4v) is 2.95. The number of methoxy groups -OCH3 is 1. The normalized spacial score (nSPS) is 22.9. The minimum absolute atomic E-state index is 0.186. The van der Waals surface area contributed by atoms with Crippen molar-refractivity contribution >= 4 is 23.2 Å². The summed E-state index contributed by atoms with van der Waals surface area (Å²) < 4.78 is 5.41. The molecule has 20 heavy (non-hydrogen) atoms. The number of ether oxygens (including phenoxy) is 1. The number of rotatable bonds is 4. The highest BCUT2D eigenvalue weighted by Gasteiger charge is 2.28. The van der Waals surface area contributed by atoms with Gasteiger partial charge in [-0.25, -0.2) is 0 Å². The van der Waals surface area contributed by atoms with Gasteiger partial charge in [0.1, 0.15) is 0 Å². The largest absolute Gasteiger partial charge is 0.381 e. The van der Waals surface area contributed by atoms with Gasteiger partial charge in [0.15, 0.2) is 0 Å². The molecule has 1 heterocycles. The number of piperidine rings is 1. The third-order valence-electron chi connectivity index (χ3n) is 3.81. The summed E-state index contributed by atoms with van der Waals surface area (Å²) >= 11 is 6.28. The lowest BCUT2D eigenvalue weighted by molar-refractivity contribution is 0.0709. The van der Waals surface area contributed by atoms with Crippen LogP contribution in [0.5, 0.6) is 0 Å². The van der Waals surface area contributed by atoms with Gasteiger partial charge in [-0.3, -0.25) is 4.79 Å². The molecule has 1 fully saturated rings. The van der Waals surface area contributed by atoms with Crippen LogP contribution in [0.4, 0.5) is 5.69 Å². The number of hydrogen-bond acceptors (Lipinski definition) is 4. The van der Waals surface area contributed by atoms with E-state index in [0.717, 1.165) is 25.1 Å². The van der Waals surface area contributed by atoms with Gasteiger partial charge in [-0.05, 0) is 31.0 Å². The highest BCUT2D eigenvalue weighted by atomic mass is 35.5. The Morgan fingerprint density at radius 1 is 1.55 bits per heavy atom. The first kappa shape index (κ1) is 15.1. The first-order valence-electron chi connectivity index (χ1n) is 6.65. The molecule has 2 atom stereocenters. The van der Waals surface area contributed by atoms with Crippen LogP contribution in [-0.2, 0) is 4.74 Å². The van der Waals surface area contributed by atoms with Crippen molar-refractivity contribution in [2.45, 2.75) is 25.0 Å². The molecule has 0 spiro atoms. The summed E-state index contributed by atoms with van der Waals surface area (Å²) in [6.45, 7) is 1.36. The lowest BCUT2D eigenvalue weighted by Gasteiger charge is -2.40. The number of carbonyl (C=O) groups is 1. The second kappa shape index (κ2) is 6.43. The molecule has 1 aliphatic heterocycles. The molecule has 1 aliphatic rings. The number of amides is 1. The van der Waals surface area contributed by atoms with E-state index in [2.05, 4.69) is 4.90 Å². The molecule has 0 aromatic heterocycles. The molecule has 1 amide bonds.